The quantitative estimate of drug-likeness (QED) is 0.890. The molecule has 0 aromatic heterocycles. The number of ether oxygens (including phenoxy) is 1. The molecule has 0 aliphatic carbocycles. The number of carbonyl (C=O) groups excluding carboxylic acids is 1. The van der Waals surface area contributed by atoms with Gasteiger partial charge in [-0.3, -0.25) is 9.69 Å². The third kappa shape index (κ3) is 2.80. The maximum atomic E-state index is 11.9. The topological polar surface area (TPSA) is 66.8 Å². The van der Waals surface area contributed by atoms with E-state index in [1.54, 1.807) is 4.90 Å². The Bertz CT molecular complexity index is 458. The Labute approximate surface area is 105 Å². The molecule has 0 atom stereocenters. The average Bonchev–Trinajstić information content (AvgIpc) is 2.37. The maximum absolute atomic E-state index is 11.9. The summed E-state index contributed by atoms with van der Waals surface area (Å²) >= 11 is 0. The molecule has 18 heavy (non-hydrogen) atoms. The van der Waals surface area contributed by atoms with Crippen molar-refractivity contribution in [3.05, 3.63) is 29.8 Å². The second-order valence-electron chi connectivity index (χ2n) is 4.14. The van der Waals surface area contributed by atoms with E-state index in [1.807, 2.05) is 24.3 Å². The van der Waals surface area contributed by atoms with Gasteiger partial charge in [-0.2, -0.15) is 0 Å². The van der Waals surface area contributed by atoms with Crippen LogP contribution in [0.15, 0.2) is 24.3 Å². The largest absolute Gasteiger partial charge is 0.481 e. The summed E-state index contributed by atoms with van der Waals surface area (Å²) in [6, 6.07) is 7.69. The number of fused-ring (bicyclic) bond motifs is 1. The van der Waals surface area contributed by atoms with Gasteiger partial charge in [0.15, 0.2) is 0 Å². The highest BCUT2D eigenvalue weighted by atomic mass is 16.6. The molecule has 5 heteroatoms. The zero-order valence-electron chi connectivity index (χ0n) is 9.96. The molecule has 2 rings (SSSR count). The van der Waals surface area contributed by atoms with Crippen LogP contribution in [0.25, 0.3) is 0 Å². The van der Waals surface area contributed by atoms with Gasteiger partial charge in [0.1, 0.15) is 6.61 Å². The summed E-state index contributed by atoms with van der Waals surface area (Å²) in [5.74, 6) is -0.971. The first-order valence-electron chi connectivity index (χ1n) is 5.92. The Morgan fingerprint density at radius 2 is 2.11 bits per heavy atom. The molecule has 1 aromatic rings. The molecule has 1 aliphatic heterocycles. The van der Waals surface area contributed by atoms with E-state index in [-0.39, 0.29) is 13.0 Å². The number of aryl methyl sites for hydroxylation is 1. The van der Waals surface area contributed by atoms with Gasteiger partial charge in [0, 0.05) is 6.54 Å². The number of anilines is 1. The van der Waals surface area contributed by atoms with Crippen molar-refractivity contribution in [1.82, 2.24) is 0 Å². The standard InChI is InChI=1S/C13H15NO4/c15-12(16)7-9-18-13(17)14-8-3-5-10-4-1-2-6-11(10)14/h1-2,4,6H,3,5,7-9H2,(H,15,16). The number of carboxylic acids is 1. The summed E-state index contributed by atoms with van der Waals surface area (Å²) in [6.45, 7) is 0.524. The minimum absolute atomic E-state index is 0.0904. The molecule has 0 fully saturated rings. The van der Waals surface area contributed by atoms with Crippen molar-refractivity contribution >= 4 is 17.7 Å². The molecule has 1 heterocycles. The van der Waals surface area contributed by atoms with E-state index in [2.05, 4.69) is 0 Å². The van der Waals surface area contributed by atoms with Crippen molar-refractivity contribution in [2.45, 2.75) is 19.3 Å². The fourth-order valence-corrected chi connectivity index (χ4v) is 2.03. The molecule has 1 aromatic carbocycles. The first kappa shape index (κ1) is 12.4. The SMILES string of the molecule is O=C(O)CCOC(=O)N1CCCc2ccccc21. The second-order valence-corrected chi connectivity index (χ2v) is 4.14. The Morgan fingerprint density at radius 3 is 2.89 bits per heavy atom. The normalized spacial score (nSPS) is 13.9. The van der Waals surface area contributed by atoms with Crippen molar-refractivity contribution in [3.8, 4) is 0 Å². The Balaban J connectivity index is 2.01. The first-order valence-corrected chi connectivity index (χ1v) is 5.92. The number of amides is 1. The zero-order valence-corrected chi connectivity index (χ0v) is 9.96. The lowest BCUT2D eigenvalue weighted by Crippen LogP contribution is -2.36. The Kier molecular flexibility index (Phi) is 3.82. The lowest BCUT2D eigenvalue weighted by molar-refractivity contribution is -0.137. The Hall–Kier alpha value is -2.04. The van der Waals surface area contributed by atoms with Crippen LogP contribution in [0.4, 0.5) is 10.5 Å². The van der Waals surface area contributed by atoms with Gasteiger partial charge in [-0.15, -0.1) is 0 Å². The molecule has 1 N–H and O–H groups in total. The number of aliphatic carboxylic acids is 1. The predicted molar refractivity (Wildman–Crippen MR) is 65.7 cm³/mol. The number of hydrogen-bond acceptors (Lipinski definition) is 3. The monoisotopic (exact) mass is 249 g/mol. The summed E-state index contributed by atoms with van der Waals surface area (Å²) in [4.78, 5) is 23.8. The van der Waals surface area contributed by atoms with Crippen LogP contribution in [-0.4, -0.2) is 30.3 Å². The molecule has 0 radical (unpaired) electrons. The molecule has 96 valence electrons. The molecule has 1 amide bonds. The lowest BCUT2D eigenvalue weighted by atomic mass is 10.0. The van der Waals surface area contributed by atoms with Crippen LogP contribution in [0, 0.1) is 0 Å². The molecule has 1 aliphatic rings. The fourth-order valence-electron chi connectivity index (χ4n) is 2.03. The molecule has 5 nitrogen and oxygen atoms in total. The zero-order chi connectivity index (χ0) is 13.0. The van der Waals surface area contributed by atoms with Gasteiger partial charge in [-0.05, 0) is 24.5 Å². The number of hydrogen-bond donors (Lipinski definition) is 1. The van der Waals surface area contributed by atoms with Crippen LogP contribution in [0.5, 0.6) is 0 Å². The van der Waals surface area contributed by atoms with Gasteiger partial charge in [-0.25, -0.2) is 4.79 Å². The van der Waals surface area contributed by atoms with Crippen LogP contribution in [0.3, 0.4) is 0 Å². The molecule has 0 unspecified atom stereocenters. The fraction of sp³-hybridized carbons (Fsp3) is 0.385. The molecule has 0 spiro atoms. The van der Waals surface area contributed by atoms with Crippen LogP contribution >= 0.6 is 0 Å². The van der Waals surface area contributed by atoms with E-state index in [9.17, 15) is 9.59 Å². The molecular weight excluding hydrogens is 234 g/mol. The number of benzene rings is 1. The smallest absolute Gasteiger partial charge is 0.414 e. The highest BCUT2D eigenvalue weighted by Gasteiger charge is 2.23. The van der Waals surface area contributed by atoms with E-state index < -0.39 is 12.1 Å². The van der Waals surface area contributed by atoms with E-state index >= 15 is 0 Å². The third-order valence-corrected chi connectivity index (χ3v) is 2.87. The summed E-state index contributed by atoms with van der Waals surface area (Å²) in [5.41, 5.74) is 1.99. The van der Waals surface area contributed by atoms with Crippen molar-refractivity contribution in [1.29, 1.82) is 0 Å². The van der Waals surface area contributed by atoms with Crippen molar-refractivity contribution in [3.63, 3.8) is 0 Å². The van der Waals surface area contributed by atoms with Gasteiger partial charge in [0.05, 0.1) is 12.1 Å². The van der Waals surface area contributed by atoms with E-state index in [0.717, 1.165) is 24.1 Å². The minimum atomic E-state index is -0.971. The summed E-state index contributed by atoms with van der Waals surface area (Å²) in [6.07, 6.45) is 1.21. The van der Waals surface area contributed by atoms with Crippen molar-refractivity contribution < 1.29 is 19.4 Å². The maximum Gasteiger partial charge on any atom is 0.414 e. The van der Waals surface area contributed by atoms with Crippen LogP contribution in [0.1, 0.15) is 18.4 Å². The van der Waals surface area contributed by atoms with Gasteiger partial charge in [0.25, 0.3) is 0 Å². The van der Waals surface area contributed by atoms with Crippen molar-refractivity contribution in [2.75, 3.05) is 18.1 Å². The number of para-hydroxylation sites is 1. The van der Waals surface area contributed by atoms with E-state index in [1.165, 1.54) is 0 Å². The average molecular weight is 249 g/mol. The summed E-state index contributed by atoms with van der Waals surface area (Å²) < 4.78 is 4.96. The van der Waals surface area contributed by atoms with Gasteiger partial charge >= 0.3 is 12.1 Å². The molecular formula is C13H15NO4. The molecule has 0 bridgehead atoms. The highest BCUT2D eigenvalue weighted by Crippen LogP contribution is 2.27. The summed E-state index contributed by atoms with van der Waals surface area (Å²) in [7, 11) is 0. The molecule has 0 saturated heterocycles. The van der Waals surface area contributed by atoms with Crippen LogP contribution in [-0.2, 0) is 16.0 Å². The number of nitrogens with zero attached hydrogens (tertiary/aromatic N) is 1. The lowest BCUT2D eigenvalue weighted by Gasteiger charge is -2.28. The minimum Gasteiger partial charge on any atom is -0.481 e. The van der Waals surface area contributed by atoms with Crippen LogP contribution in [0.2, 0.25) is 0 Å². The summed E-state index contributed by atoms with van der Waals surface area (Å²) in [5, 5.41) is 8.49. The third-order valence-electron chi connectivity index (χ3n) is 2.87. The van der Waals surface area contributed by atoms with E-state index in [4.69, 9.17) is 9.84 Å². The van der Waals surface area contributed by atoms with E-state index in [0.29, 0.717) is 6.54 Å². The first-order chi connectivity index (χ1) is 8.68. The molecule has 0 saturated carbocycles. The highest BCUT2D eigenvalue weighted by molar-refractivity contribution is 5.89. The number of rotatable bonds is 3. The van der Waals surface area contributed by atoms with Gasteiger partial charge in [0.2, 0.25) is 0 Å². The van der Waals surface area contributed by atoms with Crippen LogP contribution < -0.4 is 4.90 Å². The second kappa shape index (κ2) is 5.53. The van der Waals surface area contributed by atoms with Gasteiger partial charge < -0.3 is 9.84 Å². The number of carboxylic acid groups (broad SMARTS) is 1. The number of carbonyl (C=O) groups is 2. The van der Waals surface area contributed by atoms with Crippen molar-refractivity contribution in [2.24, 2.45) is 0 Å². The predicted octanol–water partition coefficient (Wildman–Crippen LogP) is 2.05. The van der Waals surface area contributed by atoms with Gasteiger partial charge in [-0.1, -0.05) is 18.2 Å². The Morgan fingerprint density at radius 1 is 1.33 bits per heavy atom.